The number of benzene rings is 1. The lowest BCUT2D eigenvalue weighted by molar-refractivity contribution is 0.0696. The van der Waals surface area contributed by atoms with E-state index in [2.05, 4.69) is 21.9 Å². The molecular formula is C11H10N4O2. The number of carbonyl (C=O) groups is 1. The Labute approximate surface area is 97.7 Å². The predicted molar refractivity (Wildman–Crippen MR) is 63.3 cm³/mol. The first-order valence-electron chi connectivity index (χ1n) is 4.78. The number of aromatic carboxylic acids is 1. The van der Waals surface area contributed by atoms with Gasteiger partial charge in [0.2, 0.25) is 0 Å². The van der Waals surface area contributed by atoms with Crippen LogP contribution in [0.5, 0.6) is 0 Å². The molecule has 1 rings (SSSR count). The number of carboxylic acids is 1. The fraction of sp³-hybridized carbons (Fsp3) is 0.182. The summed E-state index contributed by atoms with van der Waals surface area (Å²) < 4.78 is 0. The Morgan fingerprint density at radius 2 is 2.35 bits per heavy atom. The van der Waals surface area contributed by atoms with Crippen molar-refractivity contribution in [2.24, 2.45) is 5.11 Å². The SMILES string of the molecule is [N-]=[N+]=NCCC#Cc1c(N)cccc1C(=O)O. The van der Waals surface area contributed by atoms with Crippen molar-refractivity contribution < 1.29 is 9.90 Å². The first-order chi connectivity index (χ1) is 8.16. The Morgan fingerprint density at radius 1 is 1.59 bits per heavy atom. The zero-order valence-electron chi connectivity index (χ0n) is 8.92. The van der Waals surface area contributed by atoms with E-state index in [9.17, 15) is 4.79 Å². The molecule has 1 aromatic rings. The molecular weight excluding hydrogens is 220 g/mol. The van der Waals surface area contributed by atoms with E-state index in [1.807, 2.05) is 0 Å². The largest absolute Gasteiger partial charge is 0.478 e. The van der Waals surface area contributed by atoms with Crippen LogP contribution in [0.25, 0.3) is 10.4 Å². The Bertz CT molecular complexity index is 536. The van der Waals surface area contributed by atoms with E-state index in [0.29, 0.717) is 17.7 Å². The van der Waals surface area contributed by atoms with Crippen molar-refractivity contribution in [3.05, 3.63) is 39.8 Å². The van der Waals surface area contributed by atoms with E-state index >= 15 is 0 Å². The highest BCUT2D eigenvalue weighted by Gasteiger charge is 2.09. The van der Waals surface area contributed by atoms with Crippen LogP contribution >= 0.6 is 0 Å². The van der Waals surface area contributed by atoms with Crippen LogP contribution in [-0.4, -0.2) is 17.6 Å². The predicted octanol–water partition coefficient (Wildman–Crippen LogP) is 2.02. The van der Waals surface area contributed by atoms with Gasteiger partial charge in [0.15, 0.2) is 0 Å². The van der Waals surface area contributed by atoms with E-state index < -0.39 is 5.97 Å². The average molecular weight is 230 g/mol. The van der Waals surface area contributed by atoms with E-state index in [1.54, 1.807) is 12.1 Å². The lowest BCUT2D eigenvalue weighted by atomic mass is 10.1. The number of azide groups is 1. The topological polar surface area (TPSA) is 112 Å². The second kappa shape index (κ2) is 6.05. The summed E-state index contributed by atoms with van der Waals surface area (Å²) in [6.45, 7) is 0.249. The molecule has 0 fully saturated rings. The van der Waals surface area contributed by atoms with Gasteiger partial charge in [-0.05, 0) is 17.7 Å². The molecule has 6 nitrogen and oxygen atoms in total. The summed E-state index contributed by atoms with van der Waals surface area (Å²) in [5, 5.41) is 12.3. The van der Waals surface area contributed by atoms with Gasteiger partial charge in [-0.2, -0.15) is 0 Å². The maximum atomic E-state index is 10.9. The van der Waals surface area contributed by atoms with Crippen molar-refractivity contribution in [2.75, 3.05) is 12.3 Å². The quantitative estimate of drug-likeness (QED) is 0.207. The van der Waals surface area contributed by atoms with Gasteiger partial charge in [0.05, 0.1) is 11.1 Å². The Kier molecular flexibility index (Phi) is 4.43. The van der Waals surface area contributed by atoms with Crippen molar-refractivity contribution >= 4 is 11.7 Å². The first kappa shape index (κ1) is 12.4. The molecule has 6 heteroatoms. The van der Waals surface area contributed by atoms with Crippen molar-refractivity contribution in [3.63, 3.8) is 0 Å². The van der Waals surface area contributed by atoms with Crippen LogP contribution < -0.4 is 5.73 Å². The van der Waals surface area contributed by atoms with Gasteiger partial charge in [0.25, 0.3) is 0 Å². The van der Waals surface area contributed by atoms with Crippen molar-refractivity contribution in [1.82, 2.24) is 0 Å². The third kappa shape index (κ3) is 3.45. The van der Waals surface area contributed by atoms with Gasteiger partial charge in [-0.15, -0.1) is 0 Å². The van der Waals surface area contributed by atoms with Gasteiger partial charge in [-0.1, -0.05) is 23.0 Å². The van der Waals surface area contributed by atoms with Gasteiger partial charge in [0, 0.05) is 23.6 Å². The van der Waals surface area contributed by atoms with E-state index in [0.717, 1.165) is 0 Å². The van der Waals surface area contributed by atoms with E-state index in [1.165, 1.54) is 6.07 Å². The fourth-order valence-corrected chi connectivity index (χ4v) is 1.19. The molecule has 86 valence electrons. The number of nitrogen functional groups attached to an aromatic ring is 1. The summed E-state index contributed by atoms with van der Waals surface area (Å²) in [6.07, 6.45) is 0.359. The van der Waals surface area contributed by atoms with Crippen LogP contribution in [0.2, 0.25) is 0 Å². The molecule has 0 radical (unpaired) electrons. The molecule has 0 aliphatic heterocycles. The van der Waals surface area contributed by atoms with Gasteiger partial charge in [-0.3, -0.25) is 0 Å². The van der Waals surface area contributed by atoms with Crippen molar-refractivity contribution in [3.8, 4) is 11.8 Å². The maximum absolute atomic E-state index is 10.9. The zero-order chi connectivity index (χ0) is 12.7. The molecule has 0 saturated heterocycles. The molecule has 0 saturated carbocycles. The molecule has 0 atom stereocenters. The Morgan fingerprint density at radius 3 is 3.00 bits per heavy atom. The lowest BCUT2D eigenvalue weighted by Gasteiger charge is -2.02. The van der Waals surface area contributed by atoms with Gasteiger partial charge in [-0.25, -0.2) is 4.79 Å². The second-order valence-electron chi connectivity index (χ2n) is 3.08. The summed E-state index contributed by atoms with van der Waals surface area (Å²) in [4.78, 5) is 13.5. The summed E-state index contributed by atoms with van der Waals surface area (Å²) in [6, 6.07) is 4.59. The van der Waals surface area contributed by atoms with Gasteiger partial charge < -0.3 is 10.8 Å². The summed E-state index contributed by atoms with van der Waals surface area (Å²) in [7, 11) is 0. The minimum Gasteiger partial charge on any atom is -0.478 e. The van der Waals surface area contributed by atoms with E-state index in [4.69, 9.17) is 16.4 Å². The van der Waals surface area contributed by atoms with Crippen LogP contribution in [0.1, 0.15) is 22.3 Å². The third-order valence-corrected chi connectivity index (χ3v) is 1.94. The minimum atomic E-state index is -1.07. The molecule has 0 heterocycles. The van der Waals surface area contributed by atoms with E-state index in [-0.39, 0.29) is 12.1 Å². The molecule has 0 spiro atoms. The average Bonchev–Trinajstić information content (AvgIpc) is 2.30. The molecule has 3 N–H and O–H groups in total. The minimum absolute atomic E-state index is 0.0706. The van der Waals surface area contributed by atoms with Crippen LogP contribution in [0, 0.1) is 11.8 Å². The summed E-state index contributed by atoms with van der Waals surface area (Å²) in [5.41, 5.74) is 14.4. The number of hydrogen-bond acceptors (Lipinski definition) is 3. The number of hydrogen-bond donors (Lipinski definition) is 2. The number of carboxylic acid groups (broad SMARTS) is 1. The fourth-order valence-electron chi connectivity index (χ4n) is 1.19. The lowest BCUT2D eigenvalue weighted by Crippen LogP contribution is -2.03. The smallest absolute Gasteiger partial charge is 0.337 e. The molecule has 0 amide bonds. The zero-order valence-corrected chi connectivity index (χ0v) is 8.92. The summed E-state index contributed by atoms with van der Waals surface area (Å²) in [5.74, 6) is 4.32. The summed E-state index contributed by atoms with van der Waals surface area (Å²) >= 11 is 0. The van der Waals surface area contributed by atoms with Crippen LogP contribution in [0.15, 0.2) is 23.3 Å². The highest BCUT2D eigenvalue weighted by atomic mass is 16.4. The third-order valence-electron chi connectivity index (χ3n) is 1.94. The van der Waals surface area contributed by atoms with Gasteiger partial charge in [0.1, 0.15) is 0 Å². The van der Waals surface area contributed by atoms with Crippen LogP contribution in [0.4, 0.5) is 5.69 Å². The highest BCUT2D eigenvalue weighted by Crippen LogP contribution is 2.15. The maximum Gasteiger partial charge on any atom is 0.337 e. The number of anilines is 1. The normalized spacial score (nSPS) is 8.71. The monoisotopic (exact) mass is 230 g/mol. The van der Waals surface area contributed by atoms with Crippen molar-refractivity contribution in [1.29, 1.82) is 0 Å². The van der Waals surface area contributed by atoms with Gasteiger partial charge >= 0.3 is 5.97 Å². The number of nitrogens with zero attached hydrogens (tertiary/aromatic N) is 3. The van der Waals surface area contributed by atoms with Crippen LogP contribution in [-0.2, 0) is 0 Å². The molecule has 0 bridgehead atoms. The second-order valence-corrected chi connectivity index (χ2v) is 3.08. The highest BCUT2D eigenvalue weighted by molar-refractivity contribution is 5.92. The standard InChI is InChI=1S/C11H10N4O2/c12-10-6-3-5-9(11(16)17)8(10)4-1-2-7-14-15-13/h3,5-6H,2,7,12H2,(H,16,17). The Balaban J connectivity index is 2.96. The molecule has 0 aliphatic carbocycles. The number of nitrogens with two attached hydrogens (primary N) is 1. The molecule has 17 heavy (non-hydrogen) atoms. The molecule has 0 unspecified atom stereocenters. The van der Waals surface area contributed by atoms with Crippen LogP contribution in [0.3, 0.4) is 0 Å². The molecule has 1 aromatic carbocycles. The van der Waals surface area contributed by atoms with Crippen molar-refractivity contribution in [2.45, 2.75) is 6.42 Å². The molecule has 0 aliphatic rings. The first-order valence-corrected chi connectivity index (χ1v) is 4.78. The molecule has 0 aromatic heterocycles. The number of rotatable bonds is 3. The Hall–Kier alpha value is -2.64.